The van der Waals surface area contributed by atoms with Gasteiger partial charge in [0.2, 0.25) is 0 Å². The molecule has 1 rings (SSSR count). The molecular formula is C8H4ClNO2. The van der Waals surface area contributed by atoms with Crippen LogP contribution in [0.1, 0.15) is 5.56 Å². The Morgan fingerprint density at radius 3 is 2.83 bits per heavy atom. The van der Waals surface area contributed by atoms with Crippen molar-refractivity contribution in [2.75, 3.05) is 0 Å². The summed E-state index contributed by atoms with van der Waals surface area (Å²) < 4.78 is 4.51. The van der Waals surface area contributed by atoms with Crippen LogP contribution in [0.2, 0.25) is 5.02 Å². The first kappa shape index (κ1) is 8.57. The largest absolute Gasteiger partial charge is 0.429 e. The average molecular weight is 182 g/mol. The van der Waals surface area contributed by atoms with Crippen molar-refractivity contribution in [3.63, 3.8) is 0 Å². The molecule has 0 radical (unpaired) electrons. The smallest absolute Gasteiger partial charge is 0.298 e. The SMILES string of the molecule is N#Cc1ccc(OC=O)cc1Cl. The summed E-state index contributed by atoms with van der Waals surface area (Å²) in [6.45, 7) is 0.303. The molecule has 0 aliphatic carbocycles. The van der Waals surface area contributed by atoms with Gasteiger partial charge >= 0.3 is 0 Å². The summed E-state index contributed by atoms with van der Waals surface area (Å²) in [5.74, 6) is 0.328. The van der Waals surface area contributed by atoms with Crippen LogP contribution in [0.15, 0.2) is 18.2 Å². The van der Waals surface area contributed by atoms with Gasteiger partial charge in [0.05, 0.1) is 10.6 Å². The molecule has 3 nitrogen and oxygen atoms in total. The highest BCUT2D eigenvalue weighted by Gasteiger charge is 2.00. The minimum atomic E-state index is 0.275. The summed E-state index contributed by atoms with van der Waals surface area (Å²) in [6.07, 6.45) is 0. The zero-order valence-electron chi connectivity index (χ0n) is 5.95. The topological polar surface area (TPSA) is 50.1 Å². The molecule has 0 saturated carbocycles. The van der Waals surface area contributed by atoms with Gasteiger partial charge in [-0.25, -0.2) is 0 Å². The second-order valence-electron chi connectivity index (χ2n) is 1.97. The van der Waals surface area contributed by atoms with Crippen molar-refractivity contribution in [3.8, 4) is 11.8 Å². The van der Waals surface area contributed by atoms with Crippen LogP contribution in [0.3, 0.4) is 0 Å². The molecule has 0 aliphatic rings. The van der Waals surface area contributed by atoms with E-state index in [1.807, 2.05) is 6.07 Å². The molecule has 4 heteroatoms. The van der Waals surface area contributed by atoms with Crippen LogP contribution in [-0.4, -0.2) is 6.47 Å². The maximum atomic E-state index is 9.91. The Hall–Kier alpha value is -1.53. The number of hydrogen-bond acceptors (Lipinski definition) is 3. The number of benzene rings is 1. The van der Waals surface area contributed by atoms with Crippen LogP contribution in [0, 0.1) is 11.3 Å². The molecule has 60 valence electrons. The zero-order chi connectivity index (χ0) is 8.97. The second kappa shape index (κ2) is 3.74. The predicted molar refractivity (Wildman–Crippen MR) is 42.9 cm³/mol. The normalized spacial score (nSPS) is 8.67. The molecule has 0 N–H and O–H groups in total. The third-order valence-corrected chi connectivity index (χ3v) is 1.56. The molecule has 0 bridgehead atoms. The van der Waals surface area contributed by atoms with E-state index < -0.39 is 0 Å². The molecule has 1 aromatic carbocycles. The number of carbonyl (C=O) groups is 1. The van der Waals surface area contributed by atoms with E-state index in [2.05, 4.69) is 4.74 Å². The van der Waals surface area contributed by atoms with Crippen LogP contribution in [0.4, 0.5) is 0 Å². The van der Waals surface area contributed by atoms with E-state index in [9.17, 15) is 4.79 Å². The highest BCUT2D eigenvalue weighted by molar-refractivity contribution is 6.31. The first-order valence-corrected chi connectivity index (χ1v) is 3.45. The van der Waals surface area contributed by atoms with Crippen molar-refractivity contribution < 1.29 is 9.53 Å². The molecule has 0 atom stereocenters. The maximum absolute atomic E-state index is 9.91. The molecule has 0 unspecified atom stereocenters. The van der Waals surface area contributed by atoms with Crippen molar-refractivity contribution in [3.05, 3.63) is 28.8 Å². The van der Waals surface area contributed by atoms with Gasteiger partial charge in [0.1, 0.15) is 11.8 Å². The third-order valence-electron chi connectivity index (χ3n) is 1.25. The number of carbonyl (C=O) groups excluding carboxylic acids is 1. The highest BCUT2D eigenvalue weighted by atomic mass is 35.5. The summed E-state index contributed by atoms with van der Waals surface area (Å²) in [5.41, 5.74) is 0.356. The summed E-state index contributed by atoms with van der Waals surface area (Å²) in [6, 6.07) is 6.29. The Bertz CT molecular complexity index is 343. The Kier molecular flexibility index (Phi) is 2.67. The van der Waals surface area contributed by atoms with Gasteiger partial charge in [-0.2, -0.15) is 5.26 Å². The fraction of sp³-hybridized carbons (Fsp3) is 0. The molecule has 12 heavy (non-hydrogen) atoms. The highest BCUT2D eigenvalue weighted by Crippen LogP contribution is 2.21. The van der Waals surface area contributed by atoms with Crippen LogP contribution >= 0.6 is 11.6 Å². The fourth-order valence-electron chi connectivity index (χ4n) is 0.715. The van der Waals surface area contributed by atoms with Gasteiger partial charge < -0.3 is 4.74 Å². The summed E-state index contributed by atoms with van der Waals surface area (Å²) >= 11 is 5.65. The number of halogens is 1. The molecule has 0 heterocycles. The van der Waals surface area contributed by atoms with Gasteiger partial charge in [0.15, 0.2) is 0 Å². The van der Waals surface area contributed by atoms with Gasteiger partial charge in [0.25, 0.3) is 6.47 Å². The van der Waals surface area contributed by atoms with Crippen LogP contribution < -0.4 is 4.74 Å². The number of rotatable bonds is 2. The molecule has 0 fully saturated rings. The molecular weight excluding hydrogens is 178 g/mol. The molecule has 0 aromatic heterocycles. The Balaban J connectivity index is 3.03. The van der Waals surface area contributed by atoms with Gasteiger partial charge in [-0.3, -0.25) is 4.79 Å². The minimum Gasteiger partial charge on any atom is -0.429 e. The van der Waals surface area contributed by atoms with E-state index in [0.717, 1.165) is 0 Å². The number of nitrogens with zero attached hydrogens (tertiary/aromatic N) is 1. The molecule has 0 amide bonds. The van der Waals surface area contributed by atoms with Crippen LogP contribution in [0.5, 0.6) is 5.75 Å². The zero-order valence-corrected chi connectivity index (χ0v) is 6.71. The fourth-order valence-corrected chi connectivity index (χ4v) is 0.928. The lowest BCUT2D eigenvalue weighted by Crippen LogP contribution is -1.88. The van der Waals surface area contributed by atoms with Gasteiger partial charge in [-0.15, -0.1) is 0 Å². The van der Waals surface area contributed by atoms with Gasteiger partial charge in [-0.05, 0) is 12.1 Å². The quantitative estimate of drug-likeness (QED) is 0.653. The van der Waals surface area contributed by atoms with E-state index >= 15 is 0 Å². The summed E-state index contributed by atoms with van der Waals surface area (Å²) in [4.78, 5) is 9.91. The molecule has 1 aromatic rings. The first-order chi connectivity index (χ1) is 5.77. The van der Waals surface area contributed by atoms with E-state index in [-0.39, 0.29) is 5.02 Å². The standard InChI is InChI=1S/C8H4ClNO2/c9-8-3-7(12-5-11)2-1-6(8)4-10/h1-3,5H. The van der Waals surface area contributed by atoms with Crippen LogP contribution in [-0.2, 0) is 4.79 Å². The number of nitriles is 1. The Morgan fingerprint density at radius 2 is 2.33 bits per heavy atom. The van der Waals surface area contributed by atoms with E-state index in [4.69, 9.17) is 16.9 Å². The Labute approximate surface area is 74.1 Å². The number of ether oxygens (including phenoxy) is 1. The van der Waals surface area contributed by atoms with Crippen molar-refractivity contribution in [1.29, 1.82) is 5.26 Å². The molecule has 0 aliphatic heterocycles. The second-order valence-corrected chi connectivity index (χ2v) is 2.37. The van der Waals surface area contributed by atoms with Crippen LogP contribution in [0.25, 0.3) is 0 Å². The van der Waals surface area contributed by atoms with E-state index in [1.165, 1.54) is 18.2 Å². The lowest BCUT2D eigenvalue weighted by molar-refractivity contribution is -0.120. The Morgan fingerprint density at radius 1 is 1.58 bits per heavy atom. The minimum absolute atomic E-state index is 0.275. The maximum Gasteiger partial charge on any atom is 0.298 e. The predicted octanol–water partition coefficient (Wildman–Crippen LogP) is 1.75. The number of hydrogen-bond donors (Lipinski definition) is 0. The van der Waals surface area contributed by atoms with E-state index in [0.29, 0.717) is 17.8 Å². The monoisotopic (exact) mass is 181 g/mol. The molecule has 0 saturated heterocycles. The van der Waals surface area contributed by atoms with E-state index in [1.54, 1.807) is 0 Å². The molecule has 0 spiro atoms. The van der Waals surface area contributed by atoms with Crippen molar-refractivity contribution in [1.82, 2.24) is 0 Å². The first-order valence-electron chi connectivity index (χ1n) is 3.08. The summed E-state index contributed by atoms with van der Waals surface area (Å²) in [7, 11) is 0. The van der Waals surface area contributed by atoms with Crippen molar-refractivity contribution >= 4 is 18.1 Å². The van der Waals surface area contributed by atoms with Crippen molar-refractivity contribution in [2.45, 2.75) is 0 Å². The lowest BCUT2D eigenvalue weighted by Gasteiger charge is -1.98. The van der Waals surface area contributed by atoms with Gasteiger partial charge in [-0.1, -0.05) is 11.6 Å². The lowest BCUT2D eigenvalue weighted by atomic mass is 10.2. The third kappa shape index (κ3) is 1.74. The van der Waals surface area contributed by atoms with Gasteiger partial charge in [0, 0.05) is 6.07 Å². The average Bonchev–Trinajstić information content (AvgIpc) is 2.05. The summed E-state index contributed by atoms with van der Waals surface area (Å²) in [5, 5.41) is 8.77. The van der Waals surface area contributed by atoms with Crippen molar-refractivity contribution in [2.24, 2.45) is 0 Å².